The van der Waals surface area contributed by atoms with E-state index in [4.69, 9.17) is 10.00 Å². The molecule has 0 N–H and O–H groups in total. The molecule has 1 fully saturated rings. The van der Waals surface area contributed by atoms with E-state index >= 15 is 0 Å². The van der Waals surface area contributed by atoms with Gasteiger partial charge in [0.1, 0.15) is 11.6 Å². The fourth-order valence-electron chi connectivity index (χ4n) is 4.66. The number of alkyl halides is 3. The lowest BCUT2D eigenvalue weighted by Crippen LogP contribution is -2.44. The smallest absolute Gasteiger partial charge is 0.376 e. The molecule has 36 heavy (non-hydrogen) atoms. The molecular weight excluding hydrogens is 475 g/mol. The number of hydrogen-bond acceptors (Lipinski definition) is 3. The fourth-order valence-corrected chi connectivity index (χ4v) is 4.66. The summed E-state index contributed by atoms with van der Waals surface area (Å²) in [5.74, 6) is -1.31. The minimum atomic E-state index is -4.55. The van der Waals surface area contributed by atoms with E-state index in [1.807, 2.05) is 13.1 Å². The normalized spacial score (nSPS) is 16.0. The van der Waals surface area contributed by atoms with Gasteiger partial charge in [0.2, 0.25) is 0 Å². The summed E-state index contributed by atoms with van der Waals surface area (Å²) < 4.78 is 75.1. The summed E-state index contributed by atoms with van der Waals surface area (Å²) >= 11 is 0. The predicted molar refractivity (Wildman–Crippen MR) is 126 cm³/mol. The van der Waals surface area contributed by atoms with Crippen LogP contribution in [0.5, 0.6) is 0 Å². The molecule has 0 atom stereocenters. The molecule has 3 nitrogen and oxygen atoms in total. The Balaban J connectivity index is 1.60. The molecule has 1 saturated heterocycles. The Kier molecular flexibility index (Phi) is 7.43. The summed E-state index contributed by atoms with van der Waals surface area (Å²) in [6.45, 7) is 1.36. The van der Waals surface area contributed by atoms with Gasteiger partial charge in [-0.25, -0.2) is 8.78 Å². The molecule has 0 aromatic heterocycles. The minimum absolute atomic E-state index is 0.0891. The number of hydrogen-bond donors (Lipinski definition) is 0. The van der Waals surface area contributed by atoms with Crippen molar-refractivity contribution in [3.05, 3.63) is 94.6 Å². The molecule has 0 saturated carbocycles. The maximum absolute atomic E-state index is 14.8. The Morgan fingerprint density at radius 3 is 2.25 bits per heavy atom. The highest BCUT2D eigenvalue weighted by Gasteiger charge is 2.38. The monoisotopic (exact) mass is 500 g/mol. The average molecular weight is 501 g/mol. The van der Waals surface area contributed by atoms with Crippen molar-refractivity contribution in [2.75, 3.05) is 26.7 Å². The summed E-state index contributed by atoms with van der Waals surface area (Å²) in [7, 11) is 1.96. The third-order valence-corrected chi connectivity index (χ3v) is 6.76. The zero-order valence-electron chi connectivity index (χ0n) is 19.7. The van der Waals surface area contributed by atoms with Crippen LogP contribution in [0.15, 0.2) is 60.7 Å². The molecule has 4 rings (SSSR count). The van der Waals surface area contributed by atoms with Crippen LogP contribution in [0, 0.1) is 23.0 Å². The molecule has 8 heteroatoms. The second-order valence-corrected chi connectivity index (χ2v) is 9.31. The van der Waals surface area contributed by atoms with E-state index in [1.54, 1.807) is 30.3 Å². The van der Waals surface area contributed by atoms with Crippen LogP contribution in [0.2, 0.25) is 0 Å². The summed E-state index contributed by atoms with van der Waals surface area (Å²) in [4.78, 5) is 2.11. The molecule has 1 aliphatic rings. The first-order valence-electron chi connectivity index (χ1n) is 11.5. The van der Waals surface area contributed by atoms with Crippen LogP contribution >= 0.6 is 0 Å². The Labute approximate surface area is 206 Å². The van der Waals surface area contributed by atoms with Gasteiger partial charge in [0.15, 0.2) is 0 Å². The van der Waals surface area contributed by atoms with Crippen LogP contribution in [-0.2, 0) is 22.9 Å². The number of nitriles is 1. The largest absolute Gasteiger partial charge is 0.416 e. The second-order valence-electron chi connectivity index (χ2n) is 9.31. The number of benzene rings is 3. The maximum Gasteiger partial charge on any atom is 0.416 e. The number of likely N-dealkylation sites (tertiary alicyclic amines) is 1. The van der Waals surface area contributed by atoms with Gasteiger partial charge >= 0.3 is 6.18 Å². The number of halogens is 5. The first-order chi connectivity index (χ1) is 17.1. The third kappa shape index (κ3) is 5.75. The van der Waals surface area contributed by atoms with Crippen molar-refractivity contribution in [1.82, 2.24) is 4.90 Å². The van der Waals surface area contributed by atoms with Crippen LogP contribution in [-0.4, -0.2) is 31.6 Å². The van der Waals surface area contributed by atoms with Crippen molar-refractivity contribution < 1.29 is 26.7 Å². The van der Waals surface area contributed by atoms with E-state index in [9.17, 15) is 22.0 Å². The summed E-state index contributed by atoms with van der Waals surface area (Å²) in [6, 6.07) is 15.5. The minimum Gasteiger partial charge on any atom is -0.376 e. The highest BCUT2D eigenvalue weighted by molar-refractivity contribution is 5.66. The molecule has 1 aliphatic heterocycles. The summed E-state index contributed by atoms with van der Waals surface area (Å²) in [5.41, 5.74) is 0.480. The van der Waals surface area contributed by atoms with Gasteiger partial charge in [0.25, 0.3) is 0 Å². The zero-order chi connectivity index (χ0) is 25.9. The number of rotatable bonds is 6. The van der Waals surface area contributed by atoms with E-state index in [0.29, 0.717) is 53.7 Å². The van der Waals surface area contributed by atoms with Crippen LogP contribution in [0.25, 0.3) is 11.1 Å². The molecule has 3 aromatic rings. The van der Waals surface area contributed by atoms with Crippen LogP contribution < -0.4 is 0 Å². The van der Waals surface area contributed by atoms with Crippen molar-refractivity contribution in [2.45, 2.75) is 31.0 Å². The van der Waals surface area contributed by atoms with E-state index < -0.39 is 28.8 Å². The topological polar surface area (TPSA) is 36.3 Å². The first kappa shape index (κ1) is 25.8. The van der Waals surface area contributed by atoms with E-state index in [2.05, 4.69) is 4.90 Å². The average Bonchev–Trinajstić information content (AvgIpc) is 2.85. The lowest BCUT2D eigenvalue weighted by atomic mass is 9.73. The number of piperidine rings is 1. The van der Waals surface area contributed by atoms with Crippen LogP contribution in [0.1, 0.15) is 35.1 Å². The Hall–Kier alpha value is -3.28. The van der Waals surface area contributed by atoms with Gasteiger partial charge in [-0.15, -0.1) is 0 Å². The quantitative estimate of drug-likeness (QED) is 0.353. The zero-order valence-corrected chi connectivity index (χ0v) is 19.7. The van der Waals surface area contributed by atoms with Crippen molar-refractivity contribution in [3.8, 4) is 17.2 Å². The molecule has 1 heterocycles. The molecule has 0 aliphatic carbocycles. The van der Waals surface area contributed by atoms with Gasteiger partial charge in [-0.2, -0.15) is 18.4 Å². The Morgan fingerprint density at radius 2 is 1.64 bits per heavy atom. The van der Waals surface area contributed by atoms with E-state index in [1.165, 1.54) is 12.1 Å². The highest BCUT2D eigenvalue weighted by atomic mass is 19.4. The van der Waals surface area contributed by atoms with E-state index in [0.717, 1.165) is 18.2 Å². The Bertz CT molecular complexity index is 1260. The first-order valence-corrected chi connectivity index (χ1v) is 11.5. The molecule has 0 radical (unpaired) electrons. The number of ether oxygens (including phenoxy) is 1. The van der Waals surface area contributed by atoms with Gasteiger partial charge < -0.3 is 9.64 Å². The van der Waals surface area contributed by atoms with Crippen molar-refractivity contribution in [3.63, 3.8) is 0 Å². The second kappa shape index (κ2) is 10.4. The van der Waals surface area contributed by atoms with Crippen LogP contribution in [0.3, 0.4) is 0 Å². The van der Waals surface area contributed by atoms with Crippen LogP contribution in [0.4, 0.5) is 22.0 Å². The lowest BCUT2D eigenvalue weighted by molar-refractivity contribution is -0.137. The SMILES string of the molecule is CN1CCC(COCc2cc(-c3ccc(C#N)cc3)cc(C(F)(F)F)c2)(c2ccc(F)cc2F)CC1. The highest BCUT2D eigenvalue weighted by Crippen LogP contribution is 2.38. The molecule has 3 aromatic carbocycles. The third-order valence-electron chi connectivity index (χ3n) is 6.76. The standard InChI is InChI=1S/C28H25F5N2O/c1-35-10-8-27(9-11-35,25-7-6-24(29)15-26(25)30)18-36-17-20-12-22(14-23(13-20)28(31,32)33)21-4-2-19(16-34)3-5-21/h2-7,12-15H,8-11,17-18H2,1H3. The van der Waals surface area contributed by atoms with Crippen molar-refractivity contribution in [2.24, 2.45) is 0 Å². The van der Waals surface area contributed by atoms with Crippen molar-refractivity contribution in [1.29, 1.82) is 5.26 Å². The summed E-state index contributed by atoms with van der Waals surface area (Å²) in [6.07, 6.45) is -3.40. The molecule has 0 amide bonds. The number of nitrogens with zero attached hydrogens (tertiary/aromatic N) is 2. The lowest BCUT2D eigenvalue weighted by Gasteiger charge is -2.41. The fraction of sp³-hybridized carbons (Fsp3) is 0.321. The molecular formula is C28H25F5N2O. The molecule has 0 spiro atoms. The molecule has 0 unspecified atom stereocenters. The predicted octanol–water partition coefficient (Wildman–Crippen LogP) is 6.70. The summed E-state index contributed by atoms with van der Waals surface area (Å²) in [5, 5.41) is 8.99. The van der Waals surface area contributed by atoms with E-state index in [-0.39, 0.29) is 13.2 Å². The van der Waals surface area contributed by atoms with Crippen molar-refractivity contribution >= 4 is 0 Å². The van der Waals surface area contributed by atoms with Gasteiger partial charge in [-0.3, -0.25) is 0 Å². The van der Waals surface area contributed by atoms with Gasteiger partial charge in [-0.1, -0.05) is 18.2 Å². The Morgan fingerprint density at radius 1 is 0.944 bits per heavy atom. The molecule has 0 bridgehead atoms. The van der Waals surface area contributed by atoms with Gasteiger partial charge in [-0.05, 0) is 91.6 Å². The van der Waals surface area contributed by atoms with Gasteiger partial charge in [0, 0.05) is 11.5 Å². The maximum atomic E-state index is 14.8. The molecule has 188 valence electrons. The van der Waals surface area contributed by atoms with Gasteiger partial charge in [0.05, 0.1) is 30.4 Å².